The second kappa shape index (κ2) is 6.35. The van der Waals surface area contributed by atoms with Crippen LogP contribution in [0.4, 0.5) is 4.39 Å². The lowest BCUT2D eigenvalue weighted by Crippen LogP contribution is -2.48. The van der Waals surface area contributed by atoms with Crippen LogP contribution < -0.4 is 5.56 Å². The second-order valence-corrected chi connectivity index (χ2v) is 6.50. The van der Waals surface area contributed by atoms with E-state index in [4.69, 9.17) is 0 Å². The Labute approximate surface area is 152 Å². The molecule has 7 heteroatoms. The Balaban J connectivity index is 1.83. The summed E-state index contributed by atoms with van der Waals surface area (Å²) in [5, 5.41) is 9.99. The number of aliphatic carboxylic acids is 1. The minimum absolute atomic E-state index is 0.0550. The van der Waals surface area contributed by atoms with Gasteiger partial charge in [-0.15, -0.1) is 0 Å². The molecule has 3 aromatic rings. The Hall–Kier alpha value is -3.48. The van der Waals surface area contributed by atoms with Crippen molar-refractivity contribution >= 4 is 22.8 Å². The lowest BCUT2D eigenvalue weighted by Gasteiger charge is -2.34. The third kappa shape index (κ3) is 2.97. The van der Waals surface area contributed by atoms with Gasteiger partial charge in [-0.3, -0.25) is 9.59 Å². The number of rotatable bonds is 2. The first-order valence-electron chi connectivity index (χ1n) is 8.37. The summed E-state index contributed by atoms with van der Waals surface area (Å²) >= 11 is 0. The maximum Gasteiger partial charge on any atom is 0.326 e. The maximum absolute atomic E-state index is 13.5. The van der Waals surface area contributed by atoms with E-state index in [1.54, 1.807) is 0 Å². The summed E-state index contributed by atoms with van der Waals surface area (Å²) in [5.74, 6) is -2.23. The molecule has 0 aliphatic carbocycles. The summed E-state index contributed by atoms with van der Waals surface area (Å²) in [6.45, 7) is 0.126. The molecule has 2 N–H and O–H groups in total. The molecule has 1 atom stereocenters. The van der Waals surface area contributed by atoms with E-state index in [0.717, 1.165) is 23.3 Å². The minimum atomic E-state index is -1.11. The molecule has 1 amide bonds. The molecule has 0 bridgehead atoms. The van der Waals surface area contributed by atoms with Gasteiger partial charge in [0.05, 0.1) is 11.1 Å². The Kier molecular flexibility index (Phi) is 3.99. The fraction of sp³-hybridized carbons (Fsp3) is 0.150. The molecule has 0 saturated heterocycles. The number of pyridine rings is 1. The van der Waals surface area contributed by atoms with Crippen LogP contribution in [0.2, 0.25) is 0 Å². The average molecular weight is 366 g/mol. The van der Waals surface area contributed by atoms with Crippen molar-refractivity contribution in [3.8, 4) is 0 Å². The van der Waals surface area contributed by atoms with Crippen LogP contribution in [0.3, 0.4) is 0 Å². The summed E-state index contributed by atoms with van der Waals surface area (Å²) in [5.41, 5.74) is 1.44. The number of H-pyrrole nitrogens is 1. The molecule has 2 heterocycles. The third-order valence-corrected chi connectivity index (χ3v) is 4.83. The predicted molar refractivity (Wildman–Crippen MR) is 96.0 cm³/mol. The van der Waals surface area contributed by atoms with Gasteiger partial charge in [0.1, 0.15) is 11.9 Å². The number of amides is 1. The molecule has 0 unspecified atom stereocenters. The molecule has 27 heavy (non-hydrogen) atoms. The SMILES string of the molecule is O=C(O)[C@@H]1Cc2ccccc2CN1C(=O)c1cc(=O)[nH]c2cc(F)ccc12. The summed E-state index contributed by atoms with van der Waals surface area (Å²) in [4.78, 5) is 40.7. The third-order valence-electron chi connectivity index (χ3n) is 4.83. The van der Waals surface area contributed by atoms with Gasteiger partial charge in [0.2, 0.25) is 5.56 Å². The van der Waals surface area contributed by atoms with Crippen LogP contribution in [0.15, 0.2) is 53.3 Å². The van der Waals surface area contributed by atoms with Gasteiger partial charge in [-0.2, -0.15) is 0 Å². The van der Waals surface area contributed by atoms with Crippen LogP contribution >= 0.6 is 0 Å². The van der Waals surface area contributed by atoms with Crippen molar-refractivity contribution in [1.29, 1.82) is 0 Å². The number of hydrogen-bond acceptors (Lipinski definition) is 3. The van der Waals surface area contributed by atoms with Gasteiger partial charge in [-0.05, 0) is 29.3 Å². The summed E-state index contributed by atoms with van der Waals surface area (Å²) < 4.78 is 13.5. The highest BCUT2D eigenvalue weighted by Crippen LogP contribution is 2.27. The van der Waals surface area contributed by atoms with Gasteiger partial charge in [0, 0.05) is 24.4 Å². The van der Waals surface area contributed by atoms with E-state index in [-0.39, 0.29) is 24.0 Å². The van der Waals surface area contributed by atoms with Crippen molar-refractivity contribution in [2.24, 2.45) is 0 Å². The van der Waals surface area contributed by atoms with Crippen LogP contribution in [-0.2, 0) is 17.8 Å². The number of carboxylic acids is 1. The van der Waals surface area contributed by atoms with E-state index in [1.165, 1.54) is 17.0 Å². The largest absolute Gasteiger partial charge is 0.480 e. The van der Waals surface area contributed by atoms with E-state index in [9.17, 15) is 23.9 Å². The second-order valence-electron chi connectivity index (χ2n) is 6.50. The zero-order chi connectivity index (χ0) is 19.1. The van der Waals surface area contributed by atoms with Crippen LogP contribution in [0.1, 0.15) is 21.5 Å². The number of nitrogens with zero attached hydrogens (tertiary/aromatic N) is 1. The molecule has 1 aromatic heterocycles. The fourth-order valence-corrected chi connectivity index (χ4v) is 3.52. The molecule has 4 rings (SSSR count). The standard InChI is InChI=1S/C20H15FN2O4/c21-13-5-6-14-15(9-18(24)22-16(14)8-13)19(25)23-10-12-4-2-1-3-11(12)7-17(23)20(26)27/h1-6,8-9,17H,7,10H2,(H,22,24)(H,26,27)/t17-/m0/s1. The first-order valence-corrected chi connectivity index (χ1v) is 8.37. The number of benzene rings is 2. The van der Waals surface area contributed by atoms with Crippen molar-refractivity contribution in [3.63, 3.8) is 0 Å². The molecule has 136 valence electrons. The van der Waals surface area contributed by atoms with E-state index in [0.29, 0.717) is 5.39 Å². The lowest BCUT2D eigenvalue weighted by molar-refractivity contribution is -0.142. The number of carbonyl (C=O) groups excluding carboxylic acids is 1. The number of aromatic nitrogens is 1. The van der Waals surface area contributed by atoms with Gasteiger partial charge < -0.3 is 15.0 Å². The molecule has 0 saturated carbocycles. The highest BCUT2D eigenvalue weighted by atomic mass is 19.1. The normalized spacial score (nSPS) is 16.2. The van der Waals surface area contributed by atoms with Crippen LogP contribution in [0, 0.1) is 5.82 Å². The van der Waals surface area contributed by atoms with Crippen molar-refractivity contribution < 1.29 is 19.1 Å². The maximum atomic E-state index is 13.5. The molecule has 1 aliphatic heterocycles. The molecule has 2 aromatic carbocycles. The van der Waals surface area contributed by atoms with Gasteiger partial charge in [0.15, 0.2) is 0 Å². The molecular weight excluding hydrogens is 351 g/mol. The quantitative estimate of drug-likeness (QED) is 0.728. The molecule has 1 aliphatic rings. The van der Waals surface area contributed by atoms with Gasteiger partial charge in [-0.25, -0.2) is 9.18 Å². The number of carbonyl (C=O) groups is 2. The van der Waals surface area contributed by atoms with Crippen molar-refractivity contribution in [1.82, 2.24) is 9.88 Å². The van der Waals surface area contributed by atoms with E-state index in [1.807, 2.05) is 24.3 Å². The Morgan fingerprint density at radius 1 is 1.11 bits per heavy atom. The Bertz CT molecular complexity index is 1140. The van der Waals surface area contributed by atoms with Gasteiger partial charge in [-0.1, -0.05) is 24.3 Å². The molecular formula is C20H15FN2O4. The van der Waals surface area contributed by atoms with Gasteiger partial charge in [0.25, 0.3) is 5.91 Å². The molecule has 0 fully saturated rings. The smallest absolute Gasteiger partial charge is 0.326 e. The number of aromatic amines is 1. The van der Waals surface area contributed by atoms with Gasteiger partial charge >= 0.3 is 5.97 Å². The number of fused-ring (bicyclic) bond motifs is 2. The predicted octanol–water partition coefficient (Wildman–Crippen LogP) is 2.32. The summed E-state index contributed by atoms with van der Waals surface area (Å²) in [7, 11) is 0. The molecule has 0 spiro atoms. The Morgan fingerprint density at radius 2 is 1.85 bits per heavy atom. The number of nitrogens with one attached hydrogen (secondary N) is 1. The number of carboxylic acid groups (broad SMARTS) is 1. The zero-order valence-electron chi connectivity index (χ0n) is 14.1. The zero-order valence-corrected chi connectivity index (χ0v) is 14.1. The van der Waals surface area contributed by atoms with Crippen LogP contribution in [0.5, 0.6) is 0 Å². The number of halogens is 1. The first kappa shape index (κ1) is 17.0. The number of hydrogen-bond donors (Lipinski definition) is 2. The molecule has 0 radical (unpaired) electrons. The monoisotopic (exact) mass is 366 g/mol. The van der Waals surface area contributed by atoms with Crippen LogP contribution in [0.25, 0.3) is 10.9 Å². The highest BCUT2D eigenvalue weighted by molar-refractivity contribution is 6.07. The van der Waals surface area contributed by atoms with Crippen LogP contribution in [-0.4, -0.2) is 32.9 Å². The summed E-state index contributed by atoms with van der Waals surface area (Å²) in [6.07, 6.45) is 0.187. The lowest BCUT2D eigenvalue weighted by atomic mass is 9.93. The van der Waals surface area contributed by atoms with Crippen molar-refractivity contribution in [2.45, 2.75) is 19.0 Å². The summed E-state index contributed by atoms with van der Waals surface area (Å²) in [6, 6.07) is 11.2. The van der Waals surface area contributed by atoms with E-state index < -0.39 is 29.3 Å². The molecule has 6 nitrogen and oxygen atoms in total. The van der Waals surface area contributed by atoms with E-state index >= 15 is 0 Å². The highest BCUT2D eigenvalue weighted by Gasteiger charge is 2.35. The average Bonchev–Trinajstić information content (AvgIpc) is 2.65. The Morgan fingerprint density at radius 3 is 2.59 bits per heavy atom. The van der Waals surface area contributed by atoms with Crippen molar-refractivity contribution in [3.05, 3.63) is 81.4 Å². The minimum Gasteiger partial charge on any atom is -0.480 e. The first-order chi connectivity index (χ1) is 12.9. The van der Waals surface area contributed by atoms with Crippen molar-refractivity contribution in [2.75, 3.05) is 0 Å². The fourth-order valence-electron chi connectivity index (χ4n) is 3.52. The van der Waals surface area contributed by atoms with E-state index in [2.05, 4.69) is 4.98 Å². The topological polar surface area (TPSA) is 90.5 Å².